The lowest BCUT2D eigenvalue weighted by Gasteiger charge is -2.24. The molecule has 0 bridgehead atoms. The summed E-state index contributed by atoms with van der Waals surface area (Å²) in [6.45, 7) is 5.79. The molecule has 0 fully saturated rings. The molecule has 6 heteroatoms. The van der Waals surface area contributed by atoms with Crippen LogP contribution >= 0.6 is 7.60 Å². The molecule has 0 aliphatic carbocycles. The summed E-state index contributed by atoms with van der Waals surface area (Å²) in [5.74, 6) is -0.549. The van der Waals surface area contributed by atoms with Gasteiger partial charge in [0.15, 0.2) is 5.66 Å². The standard InChI is InChI=1S/C15H23O5P/c1-4-18-15(16)14(12-13-10-8-7-9-11-13)21(17,19-5-2)20-6-3/h7-11,14H,4-6,12H2,1-3H3/t14-/m1/s1. The molecule has 118 valence electrons. The van der Waals surface area contributed by atoms with Crippen LogP contribution in [0.5, 0.6) is 0 Å². The van der Waals surface area contributed by atoms with Gasteiger partial charge in [0.2, 0.25) is 0 Å². The van der Waals surface area contributed by atoms with E-state index in [1.165, 1.54) is 0 Å². The number of carbonyl (C=O) groups excluding carboxylic acids is 1. The molecule has 0 heterocycles. The SMILES string of the molecule is CCOC(=O)[C@@H](Cc1ccccc1)P(=O)(OCC)OCC. The molecule has 0 aliphatic rings. The summed E-state index contributed by atoms with van der Waals surface area (Å²) in [7, 11) is -3.56. The van der Waals surface area contributed by atoms with Gasteiger partial charge >= 0.3 is 13.6 Å². The number of carbonyl (C=O) groups is 1. The van der Waals surface area contributed by atoms with E-state index in [4.69, 9.17) is 13.8 Å². The van der Waals surface area contributed by atoms with Crippen molar-refractivity contribution in [2.75, 3.05) is 19.8 Å². The second-order valence-corrected chi connectivity index (χ2v) is 6.55. The molecule has 0 saturated heterocycles. The number of hydrogen-bond donors (Lipinski definition) is 0. The fourth-order valence-corrected chi connectivity index (χ4v) is 3.90. The molecule has 0 saturated carbocycles. The van der Waals surface area contributed by atoms with Gasteiger partial charge in [-0.25, -0.2) is 0 Å². The molecule has 1 aromatic rings. The van der Waals surface area contributed by atoms with Crippen LogP contribution in [0, 0.1) is 0 Å². The van der Waals surface area contributed by atoms with E-state index in [1.807, 2.05) is 30.3 Å². The summed E-state index contributed by atoms with van der Waals surface area (Å²) in [4.78, 5) is 12.2. The Kier molecular flexibility index (Phi) is 7.65. The molecule has 0 unspecified atom stereocenters. The van der Waals surface area contributed by atoms with Crippen molar-refractivity contribution in [3.8, 4) is 0 Å². The number of benzene rings is 1. The van der Waals surface area contributed by atoms with Crippen molar-refractivity contribution in [2.45, 2.75) is 32.9 Å². The Hall–Kier alpha value is -1.16. The molecular formula is C15H23O5P. The third kappa shape index (κ3) is 5.27. The van der Waals surface area contributed by atoms with Gasteiger partial charge in [0, 0.05) is 0 Å². The third-order valence-corrected chi connectivity index (χ3v) is 5.22. The minimum absolute atomic E-state index is 0.210. The molecule has 0 radical (unpaired) electrons. The van der Waals surface area contributed by atoms with Crippen LogP contribution < -0.4 is 0 Å². The van der Waals surface area contributed by atoms with Gasteiger partial charge in [-0.2, -0.15) is 0 Å². The molecule has 0 N–H and O–H groups in total. The molecule has 1 atom stereocenters. The highest BCUT2D eigenvalue weighted by molar-refractivity contribution is 7.55. The first-order chi connectivity index (χ1) is 10.1. The molecule has 0 aromatic heterocycles. The predicted octanol–water partition coefficient (Wildman–Crippen LogP) is 3.43. The maximum absolute atomic E-state index is 12.9. The van der Waals surface area contributed by atoms with E-state index in [1.54, 1.807) is 20.8 Å². The Morgan fingerprint density at radius 2 is 1.62 bits per heavy atom. The van der Waals surface area contributed by atoms with Crippen LogP contribution in [0.2, 0.25) is 0 Å². The molecule has 1 rings (SSSR count). The second-order valence-electron chi connectivity index (χ2n) is 4.33. The molecule has 21 heavy (non-hydrogen) atoms. The van der Waals surface area contributed by atoms with Crippen LogP contribution in [0.1, 0.15) is 26.3 Å². The minimum Gasteiger partial charge on any atom is -0.465 e. The van der Waals surface area contributed by atoms with Crippen molar-refractivity contribution in [1.82, 2.24) is 0 Å². The number of rotatable bonds is 9. The second kappa shape index (κ2) is 8.98. The first-order valence-corrected chi connectivity index (χ1v) is 8.77. The monoisotopic (exact) mass is 314 g/mol. The Labute approximate surface area is 126 Å². The summed E-state index contributed by atoms with van der Waals surface area (Å²) in [6.07, 6.45) is 0.261. The van der Waals surface area contributed by atoms with Crippen molar-refractivity contribution in [3.63, 3.8) is 0 Å². The largest absolute Gasteiger partial charge is 0.465 e. The zero-order valence-corrected chi connectivity index (χ0v) is 13.7. The van der Waals surface area contributed by atoms with Crippen LogP contribution in [-0.2, 0) is 29.6 Å². The zero-order chi connectivity index (χ0) is 15.7. The average molecular weight is 314 g/mol. The fourth-order valence-electron chi connectivity index (χ4n) is 1.98. The fraction of sp³-hybridized carbons (Fsp3) is 0.533. The average Bonchev–Trinajstić information content (AvgIpc) is 2.46. The van der Waals surface area contributed by atoms with E-state index >= 15 is 0 Å². The Morgan fingerprint density at radius 1 is 1.05 bits per heavy atom. The number of esters is 1. The van der Waals surface area contributed by atoms with Gasteiger partial charge in [0.1, 0.15) is 0 Å². The van der Waals surface area contributed by atoms with Crippen molar-refractivity contribution in [1.29, 1.82) is 0 Å². The van der Waals surface area contributed by atoms with Gasteiger partial charge in [-0.05, 0) is 32.8 Å². The summed E-state index contributed by atoms with van der Waals surface area (Å²) in [5.41, 5.74) is -0.0602. The molecule has 0 aliphatic heterocycles. The number of ether oxygens (including phenoxy) is 1. The molecule has 5 nitrogen and oxygen atoms in total. The molecule has 1 aromatic carbocycles. The summed E-state index contributed by atoms with van der Waals surface area (Å²) < 4.78 is 28.5. The first kappa shape index (κ1) is 17.9. The molecule has 0 amide bonds. The quantitative estimate of drug-likeness (QED) is 0.516. The van der Waals surface area contributed by atoms with Crippen molar-refractivity contribution >= 4 is 13.6 Å². The van der Waals surface area contributed by atoms with E-state index < -0.39 is 19.2 Å². The summed E-state index contributed by atoms with van der Waals surface area (Å²) in [5, 5.41) is 0. The lowest BCUT2D eigenvalue weighted by Crippen LogP contribution is -2.28. The van der Waals surface area contributed by atoms with Crippen LogP contribution in [-0.4, -0.2) is 31.4 Å². The normalized spacial score (nSPS) is 12.9. The van der Waals surface area contributed by atoms with Crippen molar-refractivity contribution in [2.24, 2.45) is 0 Å². The highest BCUT2D eigenvalue weighted by Crippen LogP contribution is 2.54. The van der Waals surface area contributed by atoms with Crippen LogP contribution in [0.3, 0.4) is 0 Å². The maximum atomic E-state index is 12.9. The maximum Gasteiger partial charge on any atom is 0.345 e. The Morgan fingerprint density at radius 3 is 2.10 bits per heavy atom. The van der Waals surface area contributed by atoms with Crippen molar-refractivity contribution < 1.29 is 23.1 Å². The molecular weight excluding hydrogens is 291 g/mol. The summed E-state index contributed by atoms with van der Waals surface area (Å²) >= 11 is 0. The predicted molar refractivity (Wildman–Crippen MR) is 81.4 cm³/mol. The van der Waals surface area contributed by atoms with Gasteiger partial charge in [-0.1, -0.05) is 30.3 Å². The van der Waals surface area contributed by atoms with Gasteiger partial charge < -0.3 is 13.8 Å². The first-order valence-electron chi connectivity index (χ1n) is 7.16. The Bertz CT molecular complexity index is 464. The zero-order valence-electron chi connectivity index (χ0n) is 12.8. The minimum atomic E-state index is -3.56. The highest BCUT2D eigenvalue weighted by Gasteiger charge is 2.42. The van der Waals surface area contributed by atoms with E-state index in [0.29, 0.717) is 0 Å². The third-order valence-electron chi connectivity index (χ3n) is 2.83. The number of hydrogen-bond acceptors (Lipinski definition) is 5. The van der Waals surface area contributed by atoms with E-state index in [-0.39, 0.29) is 26.2 Å². The van der Waals surface area contributed by atoms with E-state index in [0.717, 1.165) is 5.56 Å². The van der Waals surface area contributed by atoms with Crippen LogP contribution in [0.25, 0.3) is 0 Å². The lowest BCUT2D eigenvalue weighted by molar-refractivity contribution is -0.143. The lowest BCUT2D eigenvalue weighted by atomic mass is 10.1. The van der Waals surface area contributed by atoms with Gasteiger partial charge in [-0.15, -0.1) is 0 Å². The van der Waals surface area contributed by atoms with Gasteiger partial charge in [0.25, 0.3) is 0 Å². The van der Waals surface area contributed by atoms with Gasteiger partial charge in [-0.3, -0.25) is 9.36 Å². The van der Waals surface area contributed by atoms with E-state index in [2.05, 4.69) is 0 Å². The summed E-state index contributed by atoms with van der Waals surface area (Å²) in [6, 6.07) is 9.35. The van der Waals surface area contributed by atoms with Crippen LogP contribution in [0.15, 0.2) is 30.3 Å². The molecule has 0 spiro atoms. The van der Waals surface area contributed by atoms with Crippen molar-refractivity contribution in [3.05, 3.63) is 35.9 Å². The van der Waals surface area contributed by atoms with Gasteiger partial charge in [0.05, 0.1) is 19.8 Å². The highest BCUT2D eigenvalue weighted by atomic mass is 31.2. The van der Waals surface area contributed by atoms with E-state index in [9.17, 15) is 9.36 Å². The van der Waals surface area contributed by atoms with Crippen LogP contribution in [0.4, 0.5) is 0 Å². The topological polar surface area (TPSA) is 61.8 Å². The Balaban J connectivity index is 3.05. The smallest absolute Gasteiger partial charge is 0.345 e.